The Balaban J connectivity index is 1.77. The lowest BCUT2D eigenvalue weighted by molar-refractivity contribution is -0.151. The number of hydrogen-bond donors (Lipinski definition) is 3. The molecule has 8 nitrogen and oxygen atoms in total. The minimum absolute atomic E-state index is 0.00322. The molecular formula is C30H37Cl2F2N3O5. The first-order valence-corrected chi connectivity index (χ1v) is 14.5. The minimum atomic E-state index is -1.74. The van der Waals surface area contributed by atoms with Crippen molar-refractivity contribution in [1.82, 2.24) is 10.6 Å². The molecule has 1 amide bonds. The van der Waals surface area contributed by atoms with E-state index in [1.54, 1.807) is 19.9 Å². The van der Waals surface area contributed by atoms with Crippen molar-refractivity contribution in [1.29, 1.82) is 0 Å². The van der Waals surface area contributed by atoms with E-state index in [-0.39, 0.29) is 40.2 Å². The SMILES string of the molecule is COC(=O)C(C)(C)C[C@@H]1N[C@@H](C(=O)NCC[C@H]2COC(C)(C)O2)[C@H](c2cccc(Cl)c2F)[C@@]1(N)c1ccc(Cl)cc1F. The van der Waals surface area contributed by atoms with Crippen LogP contribution in [0, 0.1) is 17.0 Å². The number of rotatable bonds is 9. The molecule has 12 heteroatoms. The molecule has 230 valence electrons. The largest absolute Gasteiger partial charge is 0.469 e. The van der Waals surface area contributed by atoms with Gasteiger partial charge in [0.2, 0.25) is 5.91 Å². The molecule has 0 spiro atoms. The summed E-state index contributed by atoms with van der Waals surface area (Å²) in [7, 11) is 1.27. The first kappa shape index (κ1) is 32.6. The molecule has 0 aliphatic carbocycles. The number of methoxy groups -OCH3 is 1. The monoisotopic (exact) mass is 627 g/mol. The highest BCUT2D eigenvalue weighted by Gasteiger charge is 2.59. The van der Waals surface area contributed by atoms with Crippen LogP contribution in [0.15, 0.2) is 36.4 Å². The van der Waals surface area contributed by atoms with Gasteiger partial charge in [-0.2, -0.15) is 0 Å². The summed E-state index contributed by atoms with van der Waals surface area (Å²) in [6, 6.07) is 6.37. The number of ether oxygens (including phenoxy) is 3. The summed E-state index contributed by atoms with van der Waals surface area (Å²) in [5.41, 5.74) is 4.37. The van der Waals surface area contributed by atoms with Crippen molar-refractivity contribution in [2.24, 2.45) is 11.1 Å². The van der Waals surface area contributed by atoms with Gasteiger partial charge in [-0.3, -0.25) is 9.59 Å². The predicted octanol–water partition coefficient (Wildman–Crippen LogP) is 4.80. The first-order chi connectivity index (χ1) is 19.6. The minimum Gasteiger partial charge on any atom is -0.469 e. The summed E-state index contributed by atoms with van der Waals surface area (Å²) in [6.07, 6.45) is 0.280. The molecule has 2 aliphatic heterocycles. The van der Waals surface area contributed by atoms with Gasteiger partial charge in [0.05, 0.1) is 41.8 Å². The molecule has 0 bridgehead atoms. The van der Waals surface area contributed by atoms with Crippen LogP contribution in [-0.2, 0) is 29.3 Å². The Morgan fingerprint density at radius 2 is 1.93 bits per heavy atom. The summed E-state index contributed by atoms with van der Waals surface area (Å²) in [4.78, 5) is 26.5. The fourth-order valence-electron chi connectivity index (χ4n) is 6.03. The molecule has 0 unspecified atom stereocenters. The Kier molecular flexibility index (Phi) is 9.57. The van der Waals surface area contributed by atoms with Crippen molar-refractivity contribution in [2.75, 3.05) is 20.3 Å². The van der Waals surface area contributed by atoms with E-state index in [0.29, 0.717) is 13.0 Å². The van der Waals surface area contributed by atoms with Gasteiger partial charge in [0, 0.05) is 29.1 Å². The van der Waals surface area contributed by atoms with Crippen molar-refractivity contribution in [3.05, 3.63) is 69.2 Å². The quantitative estimate of drug-likeness (QED) is 0.343. The van der Waals surface area contributed by atoms with Crippen LogP contribution in [-0.4, -0.2) is 56.1 Å². The number of halogens is 4. The van der Waals surface area contributed by atoms with Gasteiger partial charge in [0.1, 0.15) is 11.6 Å². The van der Waals surface area contributed by atoms with Crippen molar-refractivity contribution in [3.63, 3.8) is 0 Å². The Hall–Kier alpha value is -2.34. The number of carbonyl (C=O) groups excluding carboxylic acids is 2. The van der Waals surface area contributed by atoms with Gasteiger partial charge in [-0.1, -0.05) is 41.4 Å². The number of carbonyl (C=O) groups is 2. The summed E-state index contributed by atoms with van der Waals surface area (Å²) in [6.45, 7) is 7.56. The Labute approximate surface area is 254 Å². The average molecular weight is 629 g/mol. The molecule has 0 radical (unpaired) electrons. The smallest absolute Gasteiger partial charge is 0.311 e. The van der Waals surface area contributed by atoms with Gasteiger partial charge < -0.3 is 30.6 Å². The molecular weight excluding hydrogens is 591 g/mol. The van der Waals surface area contributed by atoms with E-state index >= 15 is 8.78 Å². The average Bonchev–Trinajstić information content (AvgIpc) is 3.40. The van der Waals surface area contributed by atoms with E-state index in [2.05, 4.69) is 10.6 Å². The fourth-order valence-corrected chi connectivity index (χ4v) is 6.37. The van der Waals surface area contributed by atoms with Crippen LogP contribution in [0.25, 0.3) is 0 Å². The molecule has 4 N–H and O–H groups in total. The van der Waals surface area contributed by atoms with Gasteiger partial charge >= 0.3 is 5.97 Å². The number of hydrogen-bond acceptors (Lipinski definition) is 7. The number of benzene rings is 2. The van der Waals surface area contributed by atoms with E-state index in [9.17, 15) is 9.59 Å². The second kappa shape index (κ2) is 12.3. The van der Waals surface area contributed by atoms with Crippen LogP contribution in [0.3, 0.4) is 0 Å². The topological polar surface area (TPSA) is 112 Å². The maximum absolute atomic E-state index is 15.7. The fraction of sp³-hybridized carbons (Fsp3) is 0.533. The van der Waals surface area contributed by atoms with Crippen molar-refractivity contribution in [2.45, 2.75) is 76.0 Å². The Morgan fingerprint density at radius 3 is 2.55 bits per heavy atom. The summed E-state index contributed by atoms with van der Waals surface area (Å²) >= 11 is 12.2. The van der Waals surface area contributed by atoms with E-state index in [1.807, 2.05) is 13.8 Å². The van der Waals surface area contributed by atoms with E-state index in [0.717, 1.165) is 6.07 Å². The molecule has 2 aliphatic rings. The molecule has 5 atom stereocenters. The highest BCUT2D eigenvalue weighted by atomic mass is 35.5. The van der Waals surface area contributed by atoms with Crippen molar-refractivity contribution < 1.29 is 32.6 Å². The molecule has 4 rings (SSSR count). The van der Waals surface area contributed by atoms with Crippen LogP contribution in [0.1, 0.15) is 57.6 Å². The maximum atomic E-state index is 15.7. The molecule has 2 saturated heterocycles. The zero-order valence-electron chi connectivity index (χ0n) is 24.2. The van der Waals surface area contributed by atoms with Gasteiger partial charge in [0.15, 0.2) is 5.79 Å². The third kappa shape index (κ3) is 6.44. The molecule has 42 heavy (non-hydrogen) atoms. The van der Waals surface area contributed by atoms with E-state index in [1.165, 1.54) is 31.4 Å². The van der Waals surface area contributed by atoms with E-state index < -0.39 is 58.3 Å². The van der Waals surface area contributed by atoms with Crippen molar-refractivity contribution >= 4 is 35.1 Å². The maximum Gasteiger partial charge on any atom is 0.311 e. The summed E-state index contributed by atoms with van der Waals surface area (Å²) in [5.74, 6) is -4.38. The number of amides is 1. The van der Waals surface area contributed by atoms with Crippen LogP contribution >= 0.6 is 23.2 Å². The van der Waals surface area contributed by atoms with Gasteiger partial charge in [0.25, 0.3) is 0 Å². The zero-order chi connectivity index (χ0) is 31.0. The Morgan fingerprint density at radius 1 is 1.21 bits per heavy atom. The number of nitrogens with two attached hydrogens (primary N) is 1. The summed E-state index contributed by atoms with van der Waals surface area (Å²) < 4.78 is 47.8. The predicted molar refractivity (Wildman–Crippen MR) is 155 cm³/mol. The standard InChI is InChI=1S/C30H37Cl2F2N3O5/c1-28(2,27(39)40-5)14-22-30(35,19-10-9-16(31)13-21(19)33)23(18-7-6-8-20(32)24(18)34)25(37-22)26(38)36-12-11-17-15-41-29(3,4)42-17/h6-10,13,17,22-23,25,37H,11-12,14-15,35H2,1-5H3,(H,36,38)/t17-,22-,23-,25+,30+/m0/s1. The molecule has 0 aromatic heterocycles. The molecule has 2 fully saturated rings. The lowest BCUT2D eigenvalue weighted by atomic mass is 9.68. The second-order valence-electron chi connectivity index (χ2n) is 12.0. The third-order valence-electron chi connectivity index (χ3n) is 8.09. The Bertz CT molecular complexity index is 1340. The normalized spacial score (nSPS) is 27.2. The number of esters is 1. The van der Waals surface area contributed by atoms with Crippen LogP contribution in [0.2, 0.25) is 10.0 Å². The van der Waals surface area contributed by atoms with Crippen molar-refractivity contribution in [3.8, 4) is 0 Å². The number of nitrogens with one attached hydrogen (secondary N) is 2. The van der Waals surface area contributed by atoms with Gasteiger partial charge in [-0.05, 0) is 64.3 Å². The highest BCUT2D eigenvalue weighted by molar-refractivity contribution is 6.31. The highest BCUT2D eigenvalue weighted by Crippen LogP contribution is 2.50. The van der Waals surface area contributed by atoms with Crippen LogP contribution in [0.5, 0.6) is 0 Å². The molecule has 2 aromatic rings. The lowest BCUT2D eigenvalue weighted by Gasteiger charge is -2.40. The van der Waals surface area contributed by atoms with Crippen LogP contribution < -0.4 is 16.4 Å². The first-order valence-electron chi connectivity index (χ1n) is 13.7. The third-order valence-corrected chi connectivity index (χ3v) is 8.61. The van der Waals surface area contributed by atoms with Crippen LogP contribution in [0.4, 0.5) is 8.78 Å². The zero-order valence-corrected chi connectivity index (χ0v) is 25.7. The van der Waals surface area contributed by atoms with E-state index in [4.69, 9.17) is 43.1 Å². The second-order valence-corrected chi connectivity index (χ2v) is 12.8. The van der Waals surface area contributed by atoms with Gasteiger partial charge in [-0.15, -0.1) is 0 Å². The van der Waals surface area contributed by atoms with Gasteiger partial charge in [-0.25, -0.2) is 8.78 Å². The lowest BCUT2D eigenvalue weighted by Crippen LogP contribution is -2.53. The molecule has 0 saturated carbocycles. The summed E-state index contributed by atoms with van der Waals surface area (Å²) in [5, 5.41) is 6.08. The molecule has 2 aromatic carbocycles. The molecule has 2 heterocycles.